The Morgan fingerprint density at radius 2 is 2.00 bits per heavy atom. The van der Waals surface area contributed by atoms with Crippen LogP contribution in [0.15, 0.2) is 42.5 Å². The molecule has 116 valence electrons. The molecular weight excluding hydrogens is 314 g/mol. The number of carbonyl (C=O) groups is 2. The molecule has 0 aliphatic heterocycles. The number of hydrogen-bond acceptors (Lipinski definition) is 5. The zero-order valence-electron chi connectivity index (χ0n) is 12.2. The van der Waals surface area contributed by atoms with Crippen LogP contribution < -0.4 is 15.8 Å². The van der Waals surface area contributed by atoms with Crippen LogP contribution in [0, 0.1) is 0 Å². The molecule has 6 nitrogen and oxygen atoms in total. The van der Waals surface area contributed by atoms with Crippen molar-refractivity contribution in [2.45, 2.75) is 0 Å². The summed E-state index contributed by atoms with van der Waals surface area (Å²) in [6, 6.07) is 12.0. The van der Waals surface area contributed by atoms with Gasteiger partial charge in [-0.05, 0) is 30.3 Å². The molecule has 0 saturated carbocycles. The number of thiazole rings is 1. The molecule has 0 aliphatic carbocycles. The molecule has 0 saturated heterocycles. The van der Waals surface area contributed by atoms with Crippen LogP contribution in [0.1, 0.15) is 20.7 Å². The fourth-order valence-corrected chi connectivity index (χ4v) is 2.99. The first-order valence-electron chi connectivity index (χ1n) is 6.73. The highest BCUT2D eigenvalue weighted by Gasteiger charge is 2.16. The number of ether oxygens (including phenoxy) is 1. The van der Waals surface area contributed by atoms with E-state index in [1.807, 2.05) is 24.3 Å². The van der Waals surface area contributed by atoms with E-state index in [0.717, 1.165) is 10.2 Å². The summed E-state index contributed by atoms with van der Waals surface area (Å²) in [4.78, 5) is 28.1. The number of nitrogens with zero attached hydrogens (tertiary/aromatic N) is 1. The number of benzene rings is 2. The number of hydrogen-bond donors (Lipinski definition) is 2. The van der Waals surface area contributed by atoms with Crippen molar-refractivity contribution in [3.8, 4) is 5.75 Å². The van der Waals surface area contributed by atoms with Gasteiger partial charge in [0.1, 0.15) is 5.75 Å². The van der Waals surface area contributed by atoms with Crippen LogP contribution in [0.2, 0.25) is 0 Å². The molecule has 0 spiro atoms. The van der Waals surface area contributed by atoms with E-state index in [4.69, 9.17) is 10.5 Å². The summed E-state index contributed by atoms with van der Waals surface area (Å²) in [6.45, 7) is 0. The van der Waals surface area contributed by atoms with Gasteiger partial charge in [-0.2, -0.15) is 0 Å². The summed E-state index contributed by atoms with van der Waals surface area (Å²) < 4.78 is 6.14. The minimum atomic E-state index is -0.610. The van der Waals surface area contributed by atoms with Gasteiger partial charge in [0.25, 0.3) is 5.91 Å². The molecule has 0 bridgehead atoms. The van der Waals surface area contributed by atoms with Gasteiger partial charge in [0, 0.05) is 5.56 Å². The standard InChI is InChI=1S/C16H13N3O3S/c1-22-12-7-6-9(14(17)20)8-10(12)15(21)19-16-18-11-4-2-3-5-13(11)23-16/h2-8H,1H3,(H2,17,20)(H,18,19,21). The number of amides is 2. The molecule has 0 atom stereocenters. The number of para-hydroxylation sites is 1. The van der Waals surface area contributed by atoms with Crippen molar-refractivity contribution in [3.63, 3.8) is 0 Å². The van der Waals surface area contributed by atoms with Gasteiger partial charge in [-0.1, -0.05) is 23.5 Å². The maximum absolute atomic E-state index is 12.5. The van der Waals surface area contributed by atoms with Crippen molar-refractivity contribution in [3.05, 3.63) is 53.6 Å². The Labute approximate surface area is 135 Å². The molecule has 0 aliphatic rings. The average molecular weight is 327 g/mol. The van der Waals surface area contributed by atoms with E-state index in [-0.39, 0.29) is 11.1 Å². The topological polar surface area (TPSA) is 94.3 Å². The van der Waals surface area contributed by atoms with Crippen molar-refractivity contribution < 1.29 is 14.3 Å². The van der Waals surface area contributed by atoms with Gasteiger partial charge in [-0.25, -0.2) is 4.98 Å². The third-order valence-corrected chi connectivity index (χ3v) is 4.19. The van der Waals surface area contributed by atoms with E-state index in [9.17, 15) is 9.59 Å². The summed E-state index contributed by atoms with van der Waals surface area (Å²) in [5.74, 6) is -0.667. The molecule has 1 aromatic heterocycles. The van der Waals surface area contributed by atoms with E-state index < -0.39 is 11.8 Å². The Balaban J connectivity index is 1.93. The number of fused-ring (bicyclic) bond motifs is 1. The maximum atomic E-state index is 12.5. The van der Waals surface area contributed by atoms with Crippen LogP contribution >= 0.6 is 11.3 Å². The van der Waals surface area contributed by atoms with Crippen LogP contribution in [-0.4, -0.2) is 23.9 Å². The third kappa shape index (κ3) is 3.00. The van der Waals surface area contributed by atoms with Gasteiger partial charge in [-0.3, -0.25) is 14.9 Å². The average Bonchev–Trinajstić information content (AvgIpc) is 2.96. The maximum Gasteiger partial charge on any atom is 0.261 e. The molecule has 3 aromatic rings. The van der Waals surface area contributed by atoms with Crippen molar-refractivity contribution in [2.24, 2.45) is 5.73 Å². The van der Waals surface area contributed by atoms with E-state index in [0.29, 0.717) is 10.9 Å². The van der Waals surface area contributed by atoms with Crippen LogP contribution in [0.3, 0.4) is 0 Å². The van der Waals surface area contributed by atoms with E-state index in [1.54, 1.807) is 0 Å². The predicted molar refractivity (Wildman–Crippen MR) is 89.1 cm³/mol. The number of methoxy groups -OCH3 is 1. The largest absolute Gasteiger partial charge is 0.496 e. The third-order valence-electron chi connectivity index (χ3n) is 3.24. The second kappa shape index (κ2) is 6.05. The fourth-order valence-electron chi connectivity index (χ4n) is 2.13. The van der Waals surface area contributed by atoms with Crippen LogP contribution in [0.5, 0.6) is 5.75 Å². The molecule has 2 amide bonds. The summed E-state index contributed by atoms with van der Waals surface area (Å²) in [6.07, 6.45) is 0. The first-order valence-corrected chi connectivity index (χ1v) is 7.55. The molecule has 3 N–H and O–H groups in total. The quantitative estimate of drug-likeness (QED) is 0.770. The second-order valence-corrected chi connectivity index (χ2v) is 5.75. The zero-order valence-corrected chi connectivity index (χ0v) is 13.0. The molecule has 7 heteroatoms. The molecule has 3 rings (SSSR count). The number of carbonyl (C=O) groups excluding carboxylic acids is 2. The number of primary amides is 1. The summed E-state index contributed by atoms with van der Waals surface area (Å²) >= 11 is 1.37. The number of aromatic nitrogens is 1. The first kappa shape index (κ1) is 15.0. The summed E-state index contributed by atoms with van der Waals surface area (Å²) in [7, 11) is 1.45. The van der Waals surface area contributed by atoms with Gasteiger partial charge in [0.2, 0.25) is 5.91 Å². The van der Waals surface area contributed by atoms with E-state index in [2.05, 4.69) is 10.3 Å². The molecule has 0 fully saturated rings. The summed E-state index contributed by atoms with van der Waals surface area (Å²) in [5, 5.41) is 3.20. The van der Waals surface area contributed by atoms with E-state index in [1.165, 1.54) is 36.6 Å². The molecule has 2 aromatic carbocycles. The van der Waals surface area contributed by atoms with Crippen LogP contribution in [0.25, 0.3) is 10.2 Å². The predicted octanol–water partition coefficient (Wildman–Crippen LogP) is 2.66. The minimum Gasteiger partial charge on any atom is -0.496 e. The monoisotopic (exact) mass is 327 g/mol. The van der Waals surface area contributed by atoms with Gasteiger partial charge in [-0.15, -0.1) is 0 Å². The Hall–Kier alpha value is -2.93. The lowest BCUT2D eigenvalue weighted by atomic mass is 10.1. The van der Waals surface area contributed by atoms with Gasteiger partial charge < -0.3 is 10.5 Å². The molecule has 0 radical (unpaired) electrons. The lowest BCUT2D eigenvalue weighted by Gasteiger charge is -2.09. The highest BCUT2D eigenvalue weighted by atomic mass is 32.1. The second-order valence-electron chi connectivity index (χ2n) is 4.72. The van der Waals surface area contributed by atoms with E-state index >= 15 is 0 Å². The highest BCUT2D eigenvalue weighted by Crippen LogP contribution is 2.27. The number of nitrogens with two attached hydrogens (primary N) is 1. The Morgan fingerprint density at radius 1 is 1.22 bits per heavy atom. The number of anilines is 1. The Kier molecular flexibility index (Phi) is 3.94. The number of rotatable bonds is 4. The van der Waals surface area contributed by atoms with Crippen LogP contribution in [0.4, 0.5) is 5.13 Å². The molecule has 1 heterocycles. The Bertz CT molecular complexity index is 871. The summed E-state index contributed by atoms with van der Waals surface area (Å²) in [5.41, 5.74) is 6.53. The van der Waals surface area contributed by atoms with Crippen molar-refractivity contribution in [1.29, 1.82) is 0 Å². The fraction of sp³-hybridized carbons (Fsp3) is 0.0625. The molecule has 23 heavy (non-hydrogen) atoms. The zero-order chi connectivity index (χ0) is 16.4. The normalized spacial score (nSPS) is 10.5. The van der Waals surface area contributed by atoms with Crippen molar-refractivity contribution in [1.82, 2.24) is 4.98 Å². The van der Waals surface area contributed by atoms with Crippen molar-refractivity contribution >= 4 is 38.5 Å². The SMILES string of the molecule is COc1ccc(C(N)=O)cc1C(=O)Nc1nc2ccccc2s1. The molecule has 0 unspecified atom stereocenters. The molecular formula is C16H13N3O3S. The first-order chi connectivity index (χ1) is 11.1. The van der Waals surface area contributed by atoms with Crippen LogP contribution in [-0.2, 0) is 0 Å². The van der Waals surface area contributed by atoms with Crippen molar-refractivity contribution in [2.75, 3.05) is 12.4 Å². The van der Waals surface area contributed by atoms with Gasteiger partial charge in [0.15, 0.2) is 5.13 Å². The minimum absolute atomic E-state index is 0.225. The number of nitrogens with one attached hydrogen (secondary N) is 1. The lowest BCUT2D eigenvalue weighted by Crippen LogP contribution is -2.16. The Morgan fingerprint density at radius 3 is 2.70 bits per heavy atom. The highest BCUT2D eigenvalue weighted by molar-refractivity contribution is 7.22. The lowest BCUT2D eigenvalue weighted by molar-refractivity contribution is 0.1000. The van der Waals surface area contributed by atoms with Gasteiger partial charge >= 0.3 is 0 Å². The van der Waals surface area contributed by atoms with Gasteiger partial charge in [0.05, 0.1) is 22.9 Å². The smallest absolute Gasteiger partial charge is 0.261 e.